The first-order valence-electron chi connectivity index (χ1n) is 7.84. The van der Waals surface area contributed by atoms with Gasteiger partial charge in [-0.15, -0.1) is 0 Å². The van der Waals surface area contributed by atoms with E-state index in [9.17, 15) is 9.59 Å². The molecule has 1 unspecified atom stereocenters. The number of esters is 1. The normalized spacial score (nSPS) is 25.7. The summed E-state index contributed by atoms with van der Waals surface area (Å²) in [6.45, 7) is 5.43. The van der Waals surface area contributed by atoms with Crippen LogP contribution in [0.1, 0.15) is 19.4 Å². The fourth-order valence-electron chi connectivity index (χ4n) is 3.39. The predicted molar refractivity (Wildman–Crippen MR) is 84.1 cm³/mol. The van der Waals surface area contributed by atoms with Gasteiger partial charge >= 0.3 is 5.97 Å². The van der Waals surface area contributed by atoms with E-state index in [1.54, 1.807) is 0 Å². The SMILES string of the molecule is CCOC(=O)C(C)N1C[C@H]2C=C(c3ccccc3)C(=O)[C@H]2C1. The number of likely N-dealkylation sites (tertiary alicyclic amines) is 1. The summed E-state index contributed by atoms with van der Waals surface area (Å²) in [5.41, 5.74) is 1.82. The molecule has 0 radical (unpaired) electrons. The molecule has 0 amide bonds. The average Bonchev–Trinajstić information content (AvgIpc) is 3.07. The van der Waals surface area contributed by atoms with E-state index < -0.39 is 0 Å². The summed E-state index contributed by atoms with van der Waals surface area (Å²) in [4.78, 5) is 26.6. The lowest BCUT2D eigenvalue weighted by Gasteiger charge is -2.22. The van der Waals surface area contributed by atoms with Crippen LogP contribution in [-0.2, 0) is 14.3 Å². The number of hydrogen-bond donors (Lipinski definition) is 0. The first kappa shape index (κ1) is 15.0. The largest absolute Gasteiger partial charge is 0.465 e. The van der Waals surface area contributed by atoms with Crippen molar-refractivity contribution in [3.8, 4) is 0 Å². The summed E-state index contributed by atoms with van der Waals surface area (Å²) in [6, 6.07) is 9.52. The summed E-state index contributed by atoms with van der Waals surface area (Å²) < 4.78 is 5.07. The summed E-state index contributed by atoms with van der Waals surface area (Å²) in [5.74, 6) is 0.184. The molecule has 1 aromatic carbocycles. The Kier molecular flexibility index (Phi) is 4.12. The minimum atomic E-state index is -0.285. The number of benzene rings is 1. The van der Waals surface area contributed by atoms with Gasteiger partial charge in [0.05, 0.1) is 6.61 Å². The highest BCUT2D eigenvalue weighted by Crippen LogP contribution is 2.38. The minimum Gasteiger partial charge on any atom is -0.465 e. The first-order valence-corrected chi connectivity index (χ1v) is 7.84. The molecule has 2 aliphatic rings. The van der Waals surface area contributed by atoms with Crippen LogP contribution in [0.4, 0.5) is 0 Å². The number of ether oxygens (including phenoxy) is 1. The third kappa shape index (κ3) is 2.59. The maximum Gasteiger partial charge on any atom is 0.323 e. The molecule has 1 aliphatic heterocycles. The Morgan fingerprint density at radius 3 is 2.68 bits per heavy atom. The van der Waals surface area contributed by atoms with Crippen molar-refractivity contribution in [3.05, 3.63) is 42.0 Å². The van der Waals surface area contributed by atoms with Crippen LogP contribution in [0.2, 0.25) is 0 Å². The molecule has 1 aromatic rings. The highest BCUT2D eigenvalue weighted by Gasteiger charge is 2.44. The highest BCUT2D eigenvalue weighted by atomic mass is 16.5. The Morgan fingerprint density at radius 1 is 1.32 bits per heavy atom. The van der Waals surface area contributed by atoms with Gasteiger partial charge in [-0.05, 0) is 19.4 Å². The topological polar surface area (TPSA) is 46.6 Å². The lowest BCUT2D eigenvalue weighted by Crippen LogP contribution is -2.39. The molecule has 4 nitrogen and oxygen atoms in total. The van der Waals surface area contributed by atoms with Crippen LogP contribution in [0.5, 0.6) is 0 Å². The molecule has 3 rings (SSSR count). The molecule has 0 spiro atoms. The monoisotopic (exact) mass is 299 g/mol. The van der Waals surface area contributed by atoms with E-state index >= 15 is 0 Å². The van der Waals surface area contributed by atoms with Crippen LogP contribution in [-0.4, -0.2) is 42.4 Å². The number of ketones is 1. The van der Waals surface area contributed by atoms with E-state index in [0.717, 1.165) is 17.7 Å². The van der Waals surface area contributed by atoms with Gasteiger partial charge in [0.15, 0.2) is 5.78 Å². The standard InChI is InChI=1S/C18H21NO3/c1-3-22-18(21)12(2)19-10-14-9-15(17(20)16(14)11-19)13-7-5-4-6-8-13/h4-9,12,14,16H,3,10-11H2,1-2H3/t12?,14-,16+/m1/s1. The van der Waals surface area contributed by atoms with Crippen LogP contribution in [0.15, 0.2) is 36.4 Å². The van der Waals surface area contributed by atoms with Crippen molar-refractivity contribution in [1.82, 2.24) is 4.90 Å². The second kappa shape index (κ2) is 6.05. The predicted octanol–water partition coefficient (Wildman–Crippen LogP) is 2.15. The number of nitrogens with zero attached hydrogens (tertiary/aromatic N) is 1. The van der Waals surface area contributed by atoms with E-state index in [4.69, 9.17) is 4.74 Å². The second-order valence-corrected chi connectivity index (χ2v) is 5.96. The zero-order valence-electron chi connectivity index (χ0n) is 13.0. The van der Waals surface area contributed by atoms with Crippen molar-refractivity contribution in [2.45, 2.75) is 19.9 Å². The number of carbonyl (C=O) groups is 2. The van der Waals surface area contributed by atoms with Crippen molar-refractivity contribution in [1.29, 1.82) is 0 Å². The smallest absolute Gasteiger partial charge is 0.323 e. The molecule has 0 N–H and O–H groups in total. The highest BCUT2D eigenvalue weighted by molar-refractivity contribution is 6.24. The van der Waals surface area contributed by atoms with Gasteiger partial charge < -0.3 is 4.74 Å². The Labute approximate surface area is 130 Å². The maximum atomic E-state index is 12.6. The summed E-state index contributed by atoms with van der Waals surface area (Å²) in [7, 11) is 0. The third-order valence-corrected chi connectivity index (χ3v) is 4.64. The van der Waals surface area contributed by atoms with E-state index in [1.807, 2.05) is 44.2 Å². The maximum absolute atomic E-state index is 12.6. The second-order valence-electron chi connectivity index (χ2n) is 5.96. The number of carbonyl (C=O) groups excluding carboxylic acids is 2. The molecule has 1 fully saturated rings. The zero-order chi connectivity index (χ0) is 15.7. The van der Waals surface area contributed by atoms with Gasteiger partial charge in [0.25, 0.3) is 0 Å². The van der Waals surface area contributed by atoms with Crippen LogP contribution in [0.3, 0.4) is 0 Å². The molecule has 4 heteroatoms. The molecular weight excluding hydrogens is 278 g/mol. The zero-order valence-corrected chi connectivity index (χ0v) is 13.0. The molecule has 0 bridgehead atoms. The number of fused-ring (bicyclic) bond motifs is 1. The number of allylic oxidation sites excluding steroid dienone is 1. The lowest BCUT2D eigenvalue weighted by atomic mass is 9.97. The van der Waals surface area contributed by atoms with Gasteiger partial charge in [-0.3, -0.25) is 14.5 Å². The van der Waals surface area contributed by atoms with Gasteiger partial charge in [-0.1, -0.05) is 36.4 Å². The van der Waals surface area contributed by atoms with Gasteiger partial charge in [0.2, 0.25) is 0 Å². The van der Waals surface area contributed by atoms with Gasteiger partial charge in [-0.2, -0.15) is 0 Å². The molecule has 22 heavy (non-hydrogen) atoms. The van der Waals surface area contributed by atoms with Crippen LogP contribution in [0, 0.1) is 11.8 Å². The summed E-state index contributed by atoms with van der Waals surface area (Å²) in [5, 5.41) is 0. The minimum absolute atomic E-state index is 0.0212. The molecule has 1 heterocycles. The van der Waals surface area contributed by atoms with Crippen molar-refractivity contribution in [2.75, 3.05) is 19.7 Å². The Bertz CT molecular complexity index is 608. The van der Waals surface area contributed by atoms with E-state index in [1.165, 1.54) is 0 Å². The summed E-state index contributed by atoms with van der Waals surface area (Å²) in [6.07, 6.45) is 2.08. The lowest BCUT2D eigenvalue weighted by molar-refractivity contribution is -0.148. The quantitative estimate of drug-likeness (QED) is 0.799. The van der Waals surface area contributed by atoms with Crippen LogP contribution < -0.4 is 0 Å². The van der Waals surface area contributed by atoms with Crippen molar-refractivity contribution < 1.29 is 14.3 Å². The number of Topliss-reactive ketones (excluding diaryl/α,β-unsaturated/α-hetero) is 1. The Morgan fingerprint density at radius 2 is 2.05 bits per heavy atom. The van der Waals surface area contributed by atoms with Gasteiger partial charge in [0, 0.05) is 30.5 Å². The molecule has 116 valence electrons. The molecule has 1 saturated heterocycles. The van der Waals surface area contributed by atoms with Crippen molar-refractivity contribution in [3.63, 3.8) is 0 Å². The number of hydrogen-bond acceptors (Lipinski definition) is 4. The van der Waals surface area contributed by atoms with Gasteiger partial charge in [0.1, 0.15) is 6.04 Å². The molecule has 1 aliphatic carbocycles. The summed E-state index contributed by atoms with van der Waals surface area (Å²) >= 11 is 0. The van der Waals surface area contributed by atoms with Crippen LogP contribution >= 0.6 is 0 Å². The molecular formula is C18H21NO3. The Balaban J connectivity index is 1.73. The van der Waals surface area contributed by atoms with Crippen molar-refractivity contribution in [2.24, 2.45) is 11.8 Å². The third-order valence-electron chi connectivity index (χ3n) is 4.64. The van der Waals surface area contributed by atoms with E-state index in [0.29, 0.717) is 13.2 Å². The Hall–Kier alpha value is -1.94. The fourth-order valence-corrected chi connectivity index (χ4v) is 3.39. The van der Waals surface area contributed by atoms with Gasteiger partial charge in [-0.25, -0.2) is 0 Å². The molecule has 0 aromatic heterocycles. The van der Waals surface area contributed by atoms with E-state index in [-0.39, 0.29) is 29.6 Å². The number of rotatable bonds is 4. The average molecular weight is 299 g/mol. The first-order chi connectivity index (χ1) is 10.6. The molecule has 3 atom stereocenters. The van der Waals surface area contributed by atoms with Crippen molar-refractivity contribution >= 4 is 17.3 Å². The molecule has 0 saturated carbocycles. The van der Waals surface area contributed by atoms with Crippen LogP contribution in [0.25, 0.3) is 5.57 Å². The fraction of sp³-hybridized carbons (Fsp3) is 0.444. The van der Waals surface area contributed by atoms with E-state index in [2.05, 4.69) is 11.0 Å².